The Morgan fingerprint density at radius 3 is 2.83 bits per heavy atom. The number of pyridine rings is 1. The van der Waals surface area contributed by atoms with Crippen molar-refractivity contribution in [1.82, 2.24) is 14.6 Å². The first-order chi connectivity index (χ1) is 11.1. The van der Waals surface area contributed by atoms with Gasteiger partial charge in [-0.15, -0.1) is 0 Å². The fraction of sp³-hybridized carbons (Fsp3) is 0.235. The van der Waals surface area contributed by atoms with Gasteiger partial charge in [-0.3, -0.25) is 9.59 Å². The molecule has 1 aromatic carbocycles. The molecule has 118 valence electrons. The maximum atomic E-state index is 12.4. The number of benzene rings is 1. The molecule has 0 aliphatic heterocycles. The van der Waals surface area contributed by atoms with E-state index in [2.05, 4.69) is 5.16 Å². The molecule has 0 spiro atoms. The van der Waals surface area contributed by atoms with Gasteiger partial charge in [-0.25, -0.2) is 0 Å². The van der Waals surface area contributed by atoms with Gasteiger partial charge in [0, 0.05) is 24.7 Å². The van der Waals surface area contributed by atoms with Crippen molar-refractivity contribution in [2.75, 3.05) is 7.05 Å². The summed E-state index contributed by atoms with van der Waals surface area (Å²) in [5, 5.41) is 5.32. The first-order valence-electron chi connectivity index (χ1n) is 7.32. The van der Waals surface area contributed by atoms with Gasteiger partial charge in [0.05, 0.1) is 6.04 Å². The molecule has 0 unspecified atom stereocenters. The Bertz CT molecular complexity index is 883. The summed E-state index contributed by atoms with van der Waals surface area (Å²) in [6.07, 6.45) is 3.12. The highest BCUT2D eigenvalue weighted by Gasteiger charge is 2.20. The van der Waals surface area contributed by atoms with E-state index in [0.29, 0.717) is 11.1 Å². The van der Waals surface area contributed by atoms with Crippen LogP contribution in [0.4, 0.5) is 0 Å². The van der Waals surface area contributed by atoms with Crippen molar-refractivity contribution in [2.45, 2.75) is 19.5 Å². The van der Waals surface area contributed by atoms with Gasteiger partial charge in [-0.05, 0) is 24.4 Å². The highest BCUT2D eigenvalue weighted by Crippen LogP contribution is 2.17. The Hall–Kier alpha value is -2.89. The topological polar surface area (TPSA) is 68.3 Å². The zero-order chi connectivity index (χ0) is 16.4. The van der Waals surface area contributed by atoms with Crippen molar-refractivity contribution in [3.63, 3.8) is 0 Å². The van der Waals surface area contributed by atoms with Crippen molar-refractivity contribution in [2.24, 2.45) is 0 Å². The van der Waals surface area contributed by atoms with Gasteiger partial charge in [-0.2, -0.15) is 0 Å². The van der Waals surface area contributed by atoms with Crippen LogP contribution >= 0.6 is 0 Å². The van der Waals surface area contributed by atoms with Crippen LogP contribution in [0.15, 0.2) is 58.2 Å². The van der Waals surface area contributed by atoms with E-state index < -0.39 is 0 Å². The molecule has 6 heteroatoms. The van der Waals surface area contributed by atoms with Crippen molar-refractivity contribution in [3.8, 4) is 0 Å². The Labute approximate surface area is 132 Å². The quantitative estimate of drug-likeness (QED) is 0.741. The van der Waals surface area contributed by atoms with E-state index in [0.717, 1.165) is 5.39 Å². The molecule has 6 nitrogen and oxygen atoms in total. The minimum Gasteiger partial charge on any atom is -0.364 e. The van der Waals surface area contributed by atoms with Crippen LogP contribution in [0.2, 0.25) is 0 Å². The molecule has 2 heterocycles. The number of hydrogen-bond donors (Lipinski definition) is 0. The van der Waals surface area contributed by atoms with Gasteiger partial charge in [0.1, 0.15) is 18.5 Å². The molecule has 0 N–H and O–H groups in total. The molecular formula is C17H17N3O3. The van der Waals surface area contributed by atoms with Crippen molar-refractivity contribution in [3.05, 3.63) is 64.9 Å². The Balaban J connectivity index is 1.83. The number of amides is 1. The van der Waals surface area contributed by atoms with E-state index in [4.69, 9.17) is 4.52 Å². The number of nitrogens with zero attached hydrogens (tertiary/aromatic N) is 3. The summed E-state index contributed by atoms with van der Waals surface area (Å²) in [6.45, 7) is 1.85. The number of aromatic nitrogens is 2. The van der Waals surface area contributed by atoms with Crippen LogP contribution in [0.25, 0.3) is 10.8 Å². The summed E-state index contributed by atoms with van der Waals surface area (Å²) in [4.78, 5) is 26.5. The maximum absolute atomic E-state index is 12.4. The maximum Gasteiger partial charge on any atom is 0.258 e. The van der Waals surface area contributed by atoms with Gasteiger partial charge >= 0.3 is 0 Å². The monoisotopic (exact) mass is 311 g/mol. The Morgan fingerprint density at radius 2 is 2.09 bits per heavy atom. The summed E-state index contributed by atoms with van der Waals surface area (Å²) >= 11 is 0. The van der Waals surface area contributed by atoms with Crippen LogP contribution in [0.3, 0.4) is 0 Å². The molecule has 0 aliphatic rings. The largest absolute Gasteiger partial charge is 0.364 e. The minimum absolute atomic E-state index is 0.0115. The molecule has 0 saturated heterocycles. The average molecular weight is 311 g/mol. The van der Waals surface area contributed by atoms with Crippen LogP contribution in [-0.4, -0.2) is 27.6 Å². The molecule has 23 heavy (non-hydrogen) atoms. The molecule has 0 fully saturated rings. The van der Waals surface area contributed by atoms with E-state index in [1.165, 1.54) is 10.8 Å². The second-order valence-electron chi connectivity index (χ2n) is 5.44. The van der Waals surface area contributed by atoms with Gasteiger partial charge < -0.3 is 14.0 Å². The van der Waals surface area contributed by atoms with Crippen molar-refractivity contribution in [1.29, 1.82) is 0 Å². The summed E-state index contributed by atoms with van der Waals surface area (Å²) in [6, 6.07) is 10.7. The molecule has 0 aliphatic carbocycles. The fourth-order valence-corrected chi connectivity index (χ4v) is 2.46. The number of carbonyl (C=O) groups is 1. The highest BCUT2D eigenvalue weighted by molar-refractivity contribution is 5.82. The Kier molecular flexibility index (Phi) is 3.97. The van der Waals surface area contributed by atoms with Gasteiger partial charge in [0.2, 0.25) is 5.91 Å². The normalized spacial score (nSPS) is 12.3. The van der Waals surface area contributed by atoms with Crippen LogP contribution in [0.5, 0.6) is 0 Å². The number of hydrogen-bond acceptors (Lipinski definition) is 4. The van der Waals surface area contributed by atoms with Crippen LogP contribution < -0.4 is 5.56 Å². The lowest BCUT2D eigenvalue weighted by molar-refractivity contribution is -0.132. The average Bonchev–Trinajstić information content (AvgIpc) is 3.10. The van der Waals surface area contributed by atoms with Gasteiger partial charge in [0.15, 0.2) is 0 Å². The van der Waals surface area contributed by atoms with E-state index in [9.17, 15) is 9.59 Å². The SMILES string of the molecule is C[C@@H](c1ccon1)N(C)C(=O)Cn1ccc2ccccc2c1=O. The second-order valence-corrected chi connectivity index (χ2v) is 5.44. The molecule has 3 aromatic rings. The molecule has 0 radical (unpaired) electrons. The predicted molar refractivity (Wildman–Crippen MR) is 85.9 cm³/mol. The summed E-state index contributed by atoms with van der Waals surface area (Å²) in [7, 11) is 1.69. The van der Waals surface area contributed by atoms with Crippen LogP contribution in [0.1, 0.15) is 18.7 Å². The lowest BCUT2D eigenvalue weighted by Crippen LogP contribution is -2.35. The van der Waals surface area contributed by atoms with Crippen LogP contribution in [0, 0.1) is 0 Å². The first kappa shape index (κ1) is 15.0. The molecule has 0 saturated carbocycles. The van der Waals surface area contributed by atoms with E-state index in [1.807, 2.05) is 31.2 Å². The molecule has 1 atom stereocenters. The second kappa shape index (κ2) is 6.08. The first-order valence-corrected chi connectivity index (χ1v) is 7.32. The molecular weight excluding hydrogens is 294 g/mol. The third-order valence-electron chi connectivity index (χ3n) is 4.05. The van der Waals surface area contributed by atoms with Crippen molar-refractivity contribution >= 4 is 16.7 Å². The number of carbonyl (C=O) groups excluding carboxylic acids is 1. The molecule has 3 rings (SSSR count). The molecule has 1 amide bonds. The van der Waals surface area contributed by atoms with Crippen LogP contribution in [-0.2, 0) is 11.3 Å². The van der Waals surface area contributed by atoms with E-state index in [-0.39, 0.29) is 24.1 Å². The molecule has 2 aromatic heterocycles. The van der Waals surface area contributed by atoms with Crippen molar-refractivity contribution < 1.29 is 9.32 Å². The van der Waals surface area contributed by atoms with Gasteiger partial charge in [-0.1, -0.05) is 23.4 Å². The third-order valence-corrected chi connectivity index (χ3v) is 4.05. The highest BCUT2D eigenvalue weighted by atomic mass is 16.5. The summed E-state index contributed by atoms with van der Waals surface area (Å²) in [5.41, 5.74) is 0.505. The summed E-state index contributed by atoms with van der Waals surface area (Å²) < 4.78 is 6.24. The zero-order valence-electron chi connectivity index (χ0n) is 13.0. The number of rotatable bonds is 4. The van der Waals surface area contributed by atoms with Gasteiger partial charge in [0.25, 0.3) is 5.56 Å². The lowest BCUT2D eigenvalue weighted by Gasteiger charge is -2.23. The number of likely N-dealkylation sites (N-methyl/N-ethyl adjacent to an activating group) is 1. The zero-order valence-corrected chi connectivity index (χ0v) is 13.0. The third kappa shape index (κ3) is 2.88. The smallest absolute Gasteiger partial charge is 0.258 e. The van der Waals surface area contributed by atoms with E-state index in [1.54, 1.807) is 30.3 Å². The minimum atomic E-state index is -0.225. The fourth-order valence-electron chi connectivity index (χ4n) is 2.46. The standard InChI is InChI=1S/C17H17N3O3/c1-12(15-8-10-23-18-15)19(2)16(21)11-20-9-7-13-5-3-4-6-14(13)17(20)22/h3-10,12H,11H2,1-2H3/t12-/m0/s1. The predicted octanol–water partition coefficient (Wildman–Crippen LogP) is 2.21. The number of fused-ring (bicyclic) bond motifs is 1. The lowest BCUT2D eigenvalue weighted by atomic mass is 10.2. The Morgan fingerprint density at radius 1 is 1.30 bits per heavy atom. The molecule has 0 bridgehead atoms. The van der Waals surface area contributed by atoms with E-state index >= 15 is 0 Å². The summed E-state index contributed by atoms with van der Waals surface area (Å²) in [5.74, 6) is -0.169.